The van der Waals surface area contributed by atoms with Gasteiger partial charge in [0.15, 0.2) is 10.8 Å². The molecule has 142 valence electrons. The van der Waals surface area contributed by atoms with Crippen LogP contribution in [-0.4, -0.2) is 39.8 Å². The third-order valence-electron chi connectivity index (χ3n) is 3.51. The smallest absolute Gasteiger partial charge is 0.387 e. The summed E-state index contributed by atoms with van der Waals surface area (Å²) < 4.78 is 28.5. The third-order valence-corrected chi connectivity index (χ3v) is 4.59. The summed E-state index contributed by atoms with van der Waals surface area (Å²) in [5.41, 5.74) is 2.16. The topological polar surface area (TPSA) is 79.9 Å². The Bertz CT molecular complexity index is 921. The van der Waals surface area contributed by atoms with Crippen molar-refractivity contribution in [3.8, 4) is 5.75 Å². The molecule has 3 aromatic rings. The van der Waals surface area contributed by atoms with Gasteiger partial charge in [0.1, 0.15) is 5.75 Å². The Morgan fingerprint density at radius 1 is 1.33 bits per heavy atom. The van der Waals surface area contributed by atoms with E-state index in [9.17, 15) is 13.6 Å². The maximum absolute atomic E-state index is 12.1. The zero-order valence-corrected chi connectivity index (χ0v) is 15.5. The van der Waals surface area contributed by atoms with Gasteiger partial charge in [0.2, 0.25) is 5.91 Å². The van der Waals surface area contributed by atoms with E-state index in [4.69, 9.17) is 11.6 Å². The highest BCUT2D eigenvalue weighted by Crippen LogP contribution is 2.20. The fraction of sp³-hybridized carbons (Fsp3) is 0.235. The van der Waals surface area contributed by atoms with Crippen molar-refractivity contribution in [1.82, 2.24) is 20.3 Å². The number of pyridine rings is 1. The van der Waals surface area contributed by atoms with Crippen molar-refractivity contribution in [2.24, 2.45) is 0 Å². The number of thioether (sulfide) groups is 1. The summed E-state index contributed by atoms with van der Waals surface area (Å²) in [6.45, 7) is -2.40. The highest BCUT2D eigenvalue weighted by Gasteiger charge is 2.08. The standard InChI is InChI=1S/C17H15ClF2N4O2S/c18-11-7-13-15(22-8-11)24-17(23-13)27-9-14(25)21-6-5-10-1-3-12(4-2-10)26-16(19)20/h1-4,7-8,16H,5-6,9H2,(H,21,25)(H,22,23,24). The second-order valence-electron chi connectivity index (χ2n) is 5.48. The number of nitrogens with zero attached hydrogens (tertiary/aromatic N) is 2. The predicted octanol–water partition coefficient (Wildman–Crippen LogP) is 3.66. The molecule has 27 heavy (non-hydrogen) atoms. The molecule has 0 aliphatic heterocycles. The van der Waals surface area contributed by atoms with Crippen molar-refractivity contribution in [3.05, 3.63) is 47.1 Å². The van der Waals surface area contributed by atoms with Crippen LogP contribution in [0.1, 0.15) is 5.56 Å². The molecule has 0 bridgehead atoms. The van der Waals surface area contributed by atoms with Crippen LogP contribution in [0.3, 0.4) is 0 Å². The average Bonchev–Trinajstić information content (AvgIpc) is 3.03. The Morgan fingerprint density at radius 3 is 2.85 bits per heavy atom. The number of amides is 1. The number of aromatic nitrogens is 3. The predicted molar refractivity (Wildman–Crippen MR) is 99.4 cm³/mol. The SMILES string of the molecule is O=C(CSc1nc2ncc(Cl)cc2[nH]1)NCCc1ccc(OC(F)F)cc1. The molecule has 2 N–H and O–H groups in total. The molecule has 0 aliphatic rings. The van der Waals surface area contributed by atoms with E-state index in [1.807, 2.05) is 0 Å². The molecule has 2 heterocycles. The number of benzene rings is 1. The number of hydrogen-bond donors (Lipinski definition) is 2. The average molecular weight is 413 g/mol. The second-order valence-corrected chi connectivity index (χ2v) is 6.88. The van der Waals surface area contributed by atoms with Gasteiger partial charge in [-0.15, -0.1) is 0 Å². The lowest BCUT2D eigenvalue weighted by Crippen LogP contribution is -2.27. The minimum Gasteiger partial charge on any atom is -0.435 e. The number of halogens is 3. The number of aromatic amines is 1. The molecular weight excluding hydrogens is 398 g/mol. The molecular formula is C17H15ClF2N4O2S. The number of carbonyl (C=O) groups excluding carboxylic acids is 1. The van der Waals surface area contributed by atoms with E-state index in [0.29, 0.717) is 34.3 Å². The fourth-order valence-electron chi connectivity index (χ4n) is 2.29. The summed E-state index contributed by atoms with van der Waals surface area (Å²) in [6, 6.07) is 8.04. The van der Waals surface area contributed by atoms with Crippen molar-refractivity contribution in [3.63, 3.8) is 0 Å². The maximum atomic E-state index is 12.1. The first-order chi connectivity index (χ1) is 13.0. The monoisotopic (exact) mass is 412 g/mol. The number of imidazole rings is 1. The highest BCUT2D eigenvalue weighted by molar-refractivity contribution is 7.99. The Hall–Kier alpha value is -2.39. The van der Waals surface area contributed by atoms with Gasteiger partial charge < -0.3 is 15.0 Å². The molecule has 10 heteroatoms. The van der Waals surface area contributed by atoms with Crippen LogP contribution in [0.4, 0.5) is 8.78 Å². The van der Waals surface area contributed by atoms with E-state index in [1.54, 1.807) is 18.2 Å². The van der Waals surface area contributed by atoms with Crippen molar-refractivity contribution in [1.29, 1.82) is 0 Å². The molecule has 6 nitrogen and oxygen atoms in total. The van der Waals surface area contributed by atoms with E-state index >= 15 is 0 Å². The molecule has 0 aliphatic carbocycles. The summed E-state index contributed by atoms with van der Waals surface area (Å²) >= 11 is 7.14. The first-order valence-corrected chi connectivity index (χ1v) is 9.30. The van der Waals surface area contributed by atoms with Gasteiger partial charge >= 0.3 is 6.61 Å². The lowest BCUT2D eigenvalue weighted by atomic mass is 10.1. The van der Waals surface area contributed by atoms with E-state index in [2.05, 4.69) is 25.0 Å². The van der Waals surface area contributed by atoms with Gasteiger partial charge in [0.05, 0.1) is 16.3 Å². The van der Waals surface area contributed by atoms with E-state index in [0.717, 1.165) is 5.56 Å². The zero-order valence-electron chi connectivity index (χ0n) is 13.9. The molecule has 0 saturated heterocycles. The van der Waals surface area contributed by atoms with Crippen LogP contribution in [0.15, 0.2) is 41.7 Å². The van der Waals surface area contributed by atoms with Crippen LogP contribution in [0.25, 0.3) is 11.2 Å². The second kappa shape index (κ2) is 9.01. The molecule has 0 fully saturated rings. The number of hydrogen-bond acceptors (Lipinski definition) is 5. The van der Waals surface area contributed by atoms with Gasteiger partial charge in [0.25, 0.3) is 0 Å². The summed E-state index contributed by atoms with van der Waals surface area (Å²) in [7, 11) is 0. The Balaban J connectivity index is 1.41. The van der Waals surface area contributed by atoms with Gasteiger partial charge in [-0.1, -0.05) is 35.5 Å². The van der Waals surface area contributed by atoms with Crippen LogP contribution >= 0.6 is 23.4 Å². The first kappa shape index (κ1) is 19.4. The van der Waals surface area contributed by atoms with Crippen LogP contribution < -0.4 is 10.1 Å². The third kappa shape index (κ3) is 5.80. The summed E-state index contributed by atoms with van der Waals surface area (Å²) in [4.78, 5) is 23.4. The molecule has 0 saturated carbocycles. The van der Waals surface area contributed by atoms with Crippen LogP contribution in [-0.2, 0) is 11.2 Å². The van der Waals surface area contributed by atoms with Crippen LogP contribution in [0.5, 0.6) is 5.75 Å². The van der Waals surface area contributed by atoms with Crippen molar-refractivity contribution in [2.75, 3.05) is 12.3 Å². The summed E-state index contributed by atoms with van der Waals surface area (Å²) in [5, 5.41) is 3.90. The number of alkyl halides is 2. The van der Waals surface area contributed by atoms with Gasteiger partial charge in [-0.25, -0.2) is 9.97 Å². The number of fused-ring (bicyclic) bond motifs is 1. The molecule has 0 spiro atoms. The lowest BCUT2D eigenvalue weighted by molar-refractivity contribution is -0.118. The summed E-state index contributed by atoms with van der Waals surface area (Å²) in [6.07, 6.45) is 2.09. The van der Waals surface area contributed by atoms with E-state index < -0.39 is 6.61 Å². The highest BCUT2D eigenvalue weighted by atomic mass is 35.5. The lowest BCUT2D eigenvalue weighted by Gasteiger charge is -2.07. The van der Waals surface area contributed by atoms with E-state index in [1.165, 1.54) is 30.1 Å². The van der Waals surface area contributed by atoms with Crippen molar-refractivity contribution < 1.29 is 18.3 Å². The zero-order chi connectivity index (χ0) is 19.2. The van der Waals surface area contributed by atoms with Gasteiger partial charge in [-0.05, 0) is 30.2 Å². The summed E-state index contributed by atoms with van der Waals surface area (Å²) in [5.74, 6) is 0.175. The molecule has 0 atom stereocenters. The number of ether oxygens (including phenoxy) is 1. The van der Waals surface area contributed by atoms with Gasteiger partial charge in [-0.2, -0.15) is 8.78 Å². The number of rotatable bonds is 8. The molecule has 0 radical (unpaired) electrons. The van der Waals surface area contributed by atoms with Crippen molar-refractivity contribution >= 4 is 40.4 Å². The normalized spacial score (nSPS) is 11.1. The minimum absolute atomic E-state index is 0.107. The fourth-order valence-corrected chi connectivity index (χ4v) is 3.15. The van der Waals surface area contributed by atoms with E-state index in [-0.39, 0.29) is 17.4 Å². The maximum Gasteiger partial charge on any atom is 0.387 e. The molecule has 1 aromatic carbocycles. The number of carbonyl (C=O) groups is 1. The molecule has 1 amide bonds. The molecule has 3 rings (SSSR count). The quantitative estimate of drug-likeness (QED) is 0.552. The Morgan fingerprint density at radius 2 is 2.11 bits per heavy atom. The molecule has 0 unspecified atom stereocenters. The van der Waals surface area contributed by atoms with Gasteiger partial charge in [0, 0.05) is 12.7 Å². The number of nitrogens with one attached hydrogen (secondary N) is 2. The van der Waals surface area contributed by atoms with Crippen LogP contribution in [0, 0.1) is 0 Å². The number of H-pyrrole nitrogens is 1. The minimum atomic E-state index is -2.84. The van der Waals surface area contributed by atoms with Crippen LogP contribution in [0.2, 0.25) is 5.02 Å². The molecule has 2 aromatic heterocycles. The largest absolute Gasteiger partial charge is 0.435 e. The van der Waals surface area contributed by atoms with Gasteiger partial charge in [-0.3, -0.25) is 4.79 Å². The van der Waals surface area contributed by atoms with Crippen molar-refractivity contribution in [2.45, 2.75) is 18.2 Å². The first-order valence-electron chi connectivity index (χ1n) is 7.94. The Labute approximate surface area is 162 Å². The Kier molecular flexibility index (Phi) is 6.46.